The van der Waals surface area contributed by atoms with Crippen LogP contribution in [0.4, 0.5) is 0 Å². The molecule has 1 aromatic carbocycles. The SMILES string of the molecule is COc1ccccc1/C=C1\C(=O)CCCC1C1CCCC1. The monoisotopic (exact) mass is 284 g/mol. The summed E-state index contributed by atoms with van der Waals surface area (Å²) in [4.78, 5) is 12.5. The van der Waals surface area contributed by atoms with Crippen molar-refractivity contribution in [1.82, 2.24) is 0 Å². The molecule has 21 heavy (non-hydrogen) atoms. The third-order valence-electron chi connectivity index (χ3n) is 5.06. The summed E-state index contributed by atoms with van der Waals surface area (Å²) in [6.07, 6.45) is 10.3. The highest BCUT2D eigenvalue weighted by Gasteiger charge is 2.33. The molecule has 2 aliphatic carbocycles. The molecule has 0 spiro atoms. The quantitative estimate of drug-likeness (QED) is 0.756. The minimum atomic E-state index is 0.351. The summed E-state index contributed by atoms with van der Waals surface area (Å²) >= 11 is 0. The molecule has 112 valence electrons. The topological polar surface area (TPSA) is 26.3 Å². The molecule has 1 unspecified atom stereocenters. The van der Waals surface area contributed by atoms with Gasteiger partial charge >= 0.3 is 0 Å². The van der Waals surface area contributed by atoms with Crippen molar-refractivity contribution in [3.8, 4) is 5.75 Å². The summed E-state index contributed by atoms with van der Waals surface area (Å²) < 4.78 is 5.43. The van der Waals surface area contributed by atoms with Gasteiger partial charge in [-0.3, -0.25) is 4.79 Å². The van der Waals surface area contributed by atoms with Crippen LogP contribution in [-0.4, -0.2) is 12.9 Å². The van der Waals surface area contributed by atoms with Crippen LogP contribution in [-0.2, 0) is 4.79 Å². The smallest absolute Gasteiger partial charge is 0.159 e. The van der Waals surface area contributed by atoms with Crippen LogP contribution >= 0.6 is 0 Å². The molecule has 0 amide bonds. The van der Waals surface area contributed by atoms with Gasteiger partial charge in [0, 0.05) is 12.0 Å². The van der Waals surface area contributed by atoms with Crippen molar-refractivity contribution >= 4 is 11.9 Å². The number of ether oxygens (including phenoxy) is 1. The normalized spacial score (nSPS) is 25.5. The minimum Gasteiger partial charge on any atom is -0.496 e. The molecule has 2 heteroatoms. The predicted octanol–water partition coefficient (Wildman–Crippen LogP) is 4.64. The van der Waals surface area contributed by atoms with Crippen LogP contribution in [0.25, 0.3) is 6.08 Å². The van der Waals surface area contributed by atoms with Gasteiger partial charge in [0.1, 0.15) is 5.75 Å². The average Bonchev–Trinajstić information content (AvgIpc) is 3.04. The van der Waals surface area contributed by atoms with E-state index < -0.39 is 0 Å². The van der Waals surface area contributed by atoms with Gasteiger partial charge in [-0.2, -0.15) is 0 Å². The highest BCUT2D eigenvalue weighted by molar-refractivity contribution is 6.01. The Kier molecular flexibility index (Phi) is 4.42. The number of allylic oxidation sites excluding steroid dienone is 1. The second kappa shape index (κ2) is 6.46. The Balaban J connectivity index is 1.94. The second-order valence-corrected chi connectivity index (χ2v) is 6.31. The maximum absolute atomic E-state index is 12.5. The van der Waals surface area contributed by atoms with E-state index in [1.54, 1.807) is 7.11 Å². The fraction of sp³-hybridized carbons (Fsp3) is 0.526. The number of ketones is 1. The maximum Gasteiger partial charge on any atom is 0.159 e. The zero-order valence-electron chi connectivity index (χ0n) is 12.8. The summed E-state index contributed by atoms with van der Waals surface area (Å²) in [7, 11) is 1.69. The molecule has 0 N–H and O–H groups in total. The molecule has 0 heterocycles. The van der Waals surface area contributed by atoms with E-state index in [1.807, 2.05) is 24.3 Å². The zero-order chi connectivity index (χ0) is 14.7. The first-order valence-electron chi connectivity index (χ1n) is 8.17. The molecule has 2 saturated carbocycles. The van der Waals surface area contributed by atoms with E-state index in [0.29, 0.717) is 18.1 Å². The summed E-state index contributed by atoms with van der Waals surface area (Å²) in [6.45, 7) is 0. The van der Waals surface area contributed by atoms with Crippen molar-refractivity contribution in [2.45, 2.75) is 44.9 Å². The lowest BCUT2D eigenvalue weighted by Crippen LogP contribution is -2.24. The third kappa shape index (κ3) is 3.04. The first-order chi connectivity index (χ1) is 10.3. The van der Waals surface area contributed by atoms with Crippen LogP contribution in [0.3, 0.4) is 0 Å². The van der Waals surface area contributed by atoms with Gasteiger partial charge in [0.15, 0.2) is 5.78 Å². The number of carbonyl (C=O) groups excluding carboxylic acids is 1. The molecule has 2 fully saturated rings. The fourth-order valence-electron chi connectivity index (χ4n) is 3.98. The number of Topliss-reactive ketones (excluding diaryl/α,β-unsaturated/α-hetero) is 1. The Bertz CT molecular complexity index is 538. The van der Waals surface area contributed by atoms with Crippen molar-refractivity contribution in [2.75, 3.05) is 7.11 Å². The highest BCUT2D eigenvalue weighted by atomic mass is 16.5. The van der Waals surface area contributed by atoms with Crippen molar-refractivity contribution in [3.63, 3.8) is 0 Å². The van der Waals surface area contributed by atoms with Crippen molar-refractivity contribution < 1.29 is 9.53 Å². The van der Waals surface area contributed by atoms with E-state index in [1.165, 1.54) is 32.1 Å². The predicted molar refractivity (Wildman–Crippen MR) is 85.3 cm³/mol. The summed E-state index contributed by atoms with van der Waals surface area (Å²) in [5, 5.41) is 0. The third-order valence-corrected chi connectivity index (χ3v) is 5.06. The van der Waals surface area contributed by atoms with Crippen molar-refractivity contribution in [2.24, 2.45) is 11.8 Å². The summed E-state index contributed by atoms with van der Waals surface area (Å²) in [5.74, 6) is 2.39. The number of rotatable bonds is 3. The van der Waals surface area contributed by atoms with Crippen LogP contribution in [0.15, 0.2) is 29.8 Å². The van der Waals surface area contributed by atoms with Gasteiger partial charge in [0.2, 0.25) is 0 Å². The summed E-state index contributed by atoms with van der Waals surface area (Å²) in [6, 6.07) is 7.98. The lowest BCUT2D eigenvalue weighted by Gasteiger charge is -2.29. The largest absolute Gasteiger partial charge is 0.496 e. The molecular formula is C19H24O2. The number of benzene rings is 1. The van der Waals surface area contributed by atoms with E-state index in [0.717, 1.165) is 29.2 Å². The Morgan fingerprint density at radius 1 is 1.10 bits per heavy atom. The highest BCUT2D eigenvalue weighted by Crippen LogP contribution is 2.42. The van der Waals surface area contributed by atoms with E-state index in [9.17, 15) is 4.79 Å². The number of para-hydroxylation sites is 1. The van der Waals surface area contributed by atoms with E-state index in [4.69, 9.17) is 4.74 Å². The number of hydrogen-bond donors (Lipinski definition) is 0. The van der Waals surface area contributed by atoms with E-state index in [2.05, 4.69) is 6.08 Å². The van der Waals surface area contributed by atoms with E-state index in [-0.39, 0.29) is 0 Å². The average molecular weight is 284 g/mol. The Labute approximate surface area is 127 Å². The van der Waals surface area contributed by atoms with Gasteiger partial charge in [0.05, 0.1) is 7.11 Å². The van der Waals surface area contributed by atoms with Crippen LogP contribution in [0.5, 0.6) is 5.75 Å². The molecule has 1 atom stereocenters. The first kappa shape index (κ1) is 14.4. The van der Waals surface area contributed by atoms with Gasteiger partial charge in [-0.1, -0.05) is 31.0 Å². The standard InChI is InChI=1S/C19H24O2/c1-21-19-12-5-4-9-15(19)13-17-16(10-6-11-18(17)20)14-7-2-3-8-14/h4-5,9,12-14,16H,2-3,6-8,10-11H2,1H3/b17-13-. The molecule has 0 bridgehead atoms. The number of hydrogen-bond acceptors (Lipinski definition) is 2. The number of methoxy groups -OCH3 is 1. The van der Waals surface area contributed by atoms with Crippen molar-refractivity contribution in [1.29, 1.82) is 0 Å². The van der Waals surface area contributed by atoms with Crippen LogP contribution in [0, 0.1) is 11.8 Å². The van der Waals surface area contributed by atoms with Crippen LogP contribution in [0.1, 0.15) is 50.5 Å². The van der Waals surface area contributed by atoms with Crippen LogP contribution < -0.4 is 4.74 Å². The molecule has 0 saturated heterocycles. The molecule has 0 aromatic heterocycles. The van der Waals surface area contributed by atoms with Gasteiger partial charge < -0.3 is 4.74 Å². The second-order valence-electron chi connectivity index (χ2n) is 6.31. The molecule has 2 aliphatic rings. The lowest BCUT2D eigenvalue weighted by atomic mass is 9.74. The Hall–Kier alpha value is -1.57. The van der Waals surface area contributed by atoms with Gasteiger partial charge in [-0.25, -0.2) is 0 Å². The summed E-state index contributed by atoms with van der Waals surface area (Å²) in [5.41, 5.74) is 2.09. The Morgan fingerprint density at radius 2 is 1.86 bits per heavy atom. The molecule has 3 rings (SSSR count). The number of carbonyl (C=O) groups is 1. The fourth-order valence-corrected chi connectivity index (χ4v) is 3.98. The molecule has 0 radical (unpaired) electrons. The molecule has 0 aliphatic heterocycles. The van der Waals surface area contributed by atoms with Crippen LogP contribution in [0.2, 0.25) is 0 Å². The maximum atomic E-state index is 12.5. The molecular weight excluding hydrogens is 260 g/mol. The van der Waals surface area contributed by atoms with E-state index >= 15 is 0 Å². The van der Waals surface area contributed by atoms with Crippen molar-refractivity contribution in [3.05, 3.63) is 35.4 Å². The molecule has 2 nitrogen and oxygen atoms in total. The Morgan fingerprint density at radius 3 is 2.62 bits per heavy atom. The van der Waals surface area contributed by atoms with Gasteiger partial charge in [-0.15, -0.1) is 0 Å². The minimum absolute atomic E-state index is 0.351. The molecule has 1 aromatic rings. The zero-order valence-corrected chi connectivity index (χ0v) is 12.8. The lowest BCUT2D eigenvalue weighted by molar-refractivity contribution is -0.117. The first-order valence-corrected chi connectivity index (χ1v) is 8.17. The van der Waals surface area contributed by atoms with Gasteiger partial charge in [0.25, 0.3) is 0 Å². The van der Waals surface area contributed by atoms with Gasteiger partial charge in [-0.05, 0) is 55.2 Å².